The second-order valence-electron chi connectivity index (χ2n) is 4.65. The van der Waals surface area contributed by atoms with Crippen molar-refractivity contribution >= 4 is 40.9 Å². The number of hydrogen-bond donors (Lipinski definition) is 2. The van der Waals surface area contributed by atoms with Crippen molar-refractivity contribution in [2.24, 2.45) is 0 Å². The topological polar surface area (TPSA) is 121 Å². The van der Waals surface area contributed by atoms with Crippen molar-refractivity contribution < 1.29 is 34.1 Å². The van der Waals surface area contributed by atoms with Gasteiger partial charge in [0.05, 0.1) is 17.1 Å². The number of thioether (sulfide) groups is 1. The standard InChI is InChI=1S/C15H13NO7S/c1-2-23-12(18)7-16-13(19)11(24-15(16)22)6-8-3-4-9(14(20)21)5-10(8)17/h3-6,17H,2,7H2,1H3,(H,20,21)/b11-6-. The molecule has 8 nitrogen and oxygen atoms in total. The fraction of sp³-hybridized carbons (Fsp3) is 0.200. The van der Waals surface area contributed by atoms with Crippen LogP contribution >= 0.6 is 11.8 Å². The predicted molar refractivity (Wildman–Crippen MR) is 84.4 cm³/mol. The molecule has 1 fully saturated rings. The number of aromatic hydroxyl groups is 1. The van der Waals surface area contributed by atoms with Gasteiger partial charge in [-0.3, -0.25) is 19.3 Å². The van der Waals surface area contributed by atoms with E-state index in [0.717, 1.165) is 11.0 Å². The van der Waals surface area contributed by atoms with Crippen LogP contribution in [0.15, 0.2) is 23.1 Å². The lowest BCUT2D eigenvalue weighted by Gasteiger charge is -2.10. The maximum Gasteiger partial charge on any atom is 0.335 e. The smallest absolute Gasteiger partial charge is 0.335 e. The first kappa shape index (κ1) is 17.5. The normalized spacial score (nSPS) is 15.9. The Bertz CT molecular complexity index is 756. The van der Waals surface area contributed by atoms with Gasteiger partial charge in [0.2, 0.25) is 0 Å². The van der Waals surface area contributed by atoms with Crippen LogP contribution < -0.4 is 0 Å². The van der Waals surface area contributed by atoms with Crippen molar-refractivity contribution in [3.05, 3.63) is 34.2 Å². The molecule has 1 heterocycles. The van der Waals surface area contributed by atoms with E-state index in [9.17, 15) is 24.3 Å². The van der Waals surface area contributed by atoms with Crippen LogP contribution in [0.3, 0.4) is 0 Å². The number of ether oxygens (including phenoxy) is 1. The van der Waals surface area contributed by atoms with E-state index in [-0.39, 0.29) is 28.4 Å². The summed E-state index contributed by atoms with van der Waals surface area (Å²) in [6, 6.07) is 3.62. The lowest BCUT2D eigenvalue weighted by Crippen LogP contribution is -2.34. The maximum atomic E-state index is 12.2. The van der Waals surface area contributed by atoms with E-state index in [2.05, 4.69) is 0 Å². The molecule has 0 unspecified atom stereocenters. The first-order valence-corrected chi connectivity index (χ1v) is 7.62. The van der Waals surface area contributed by atoms with Gasteiger partial charge in [-0.2, -0.15) is 0 Å². The Kier molecular flexibility index (Phi) is 5.24. The monoisotopic (exact) mass is 351 g/mol. The average Bonchev–Trinajstić information content (AvgIpc) is 2.77. The molecule has 1 aliphatic rings. The van der Waals surface area contributed by atoms with Crippen LogP contribution in [0.25, 0.3) is 6.08 Å². The zero-order valence-electron chi connectivity index (χ0n) is 12.5. The number of esters is 1. The molecule has 0 aromatic heterocycles. The van der Waals surface area contributed by atoms with Gasteiger partial charge in [0, 0.05) is 5.56 Å². The van der Waals surface area contributed by atoms with Gasteiger partial charge >= 0.3 is 11.9 Å². The molecule has 2 rings (SSSR count). The van der Waals surface area contributed by atoms with E-state index in [4.69, 9.17) is 9.84 Å². The zero-order chi connectivity index (χ0) is 17.9. The number of carboxylic acids is 1. The highest BCUT2D eigenvalue weighted by Crippen LogP contribution is 2.33. The van der Waals surface area contributed by atoms with Crippen LogP contribution in [0.1, 0.15) is 22.8 Å². The van der Waals surface area contributed by atoms with Gasteiger partial charge in [-0.1, -0.05) is 6.07 Å². The summed E-state index contributed by atoms with van der Waals surface area (Å²) in [6.07, 6.45) is 1.26. The van der Waals surface area contributed by atoms with Gasteiger partial charge in [0.25, 0.3) is 11.1 Å². The van der Waals surface area contributed by atoms with Crippen molar-refractivity contribution in [1.82, 2.24) is 4.90 Å². The summed E-state index contributed by atoms with van der Waals surface area (Å²) in [6.45, 7) is 1.25. The van der Waals surface area contributed by atoms with Crippen LogP contribution in [0, 0.1) is 0 Å². The lowest BCUT2D eigenvalue weighted by molar-refractivity contribution is -0.145. The highest BCUT2D eigenvalue weighted by atomic mass is 32.2. The number of imide groups is 1. The summed E-state index contributed by atoms with van der Waals surface area (Å²) in [7, 11) is 0. The summed E-state index contributed by atoms with van der Waals surface area (Å²) in [4.78, 5) is 47.0. The summed E-state index contributed by atoms with van der Waals surface area (Å²) in [5.74, 6) is -2.92. The van der Waals surface area contributed by atoms with Crippen molar-refractivity contribution in [3.63, 3.8) is 0 Å². The number of phenolic OH excluding ortho intramolecular Hbond substituents is 1. The molecule has 1 aliphatic heterocycles. The predicted octanol–water partition coefficient (Wildman–Crippen LogP) is 1.69. The van der Waals surface area contributed by atoms with Gasteiger partial charge < -0.3 is 14.9 Å². The summed E-state index contributed by atoms with van der Waals surface area (Å²) >= 11 is 0.619. The summed E-state index contributed by atoms with van der Waals surface area (Å²) < 4.78 is 4.70. The van der Waals surface area contributed by atoms with Gasteiger partial charge in [0.15, 0.2) is 0 Å². The minimum Gasteiger partial charge on any atom is -0.507 e. The zero-order valence-corrected chi connectivity index (χ0v) is 13.3. The minimum atomic E-state index is -1.20. The number of phenols is 1. The molecule has 9 heteroatoms. The van der Waals surface area contributed by atoms with E-state index >= 15 is 0 Å². The fourth-order valence-electron chi connectivity index (χ4n) is 1.91. The van der Waals surface area contributed by atoms with Crippen LogP contribution in [0.4, 0.5) is 4.79 Å². The number of aromatic carboxylic acids is 1. The van der Waals surface area contributed by atoms with E-state index < -0.39 is 29.6 Å². The first-order valence-electron chi connectivity index (χ1n) is 6.80. The maximum absolute atomic E-state index is 12.2. The van der Waals surface area contributed by atoms with Crippen LogP contribution in [-0.2, 0) is 14.3 Å². The second kappa shape index (κ2) is 7.18. The largest absolute Gasteiger partial charge is 0.507 e. The van der Waals surface area contributed by atoms with E-state index in [0.29, 0.717) is 11.8 Å². The van der Waals surface area contributed by atoms with Gasteiger partial charge in [-0.25, -0.2) is 4.79 Å². The Labute approximate surface area is 140 Å². The second-order valence-corrected chi connectivity index (χ2v) is 5.64. The minimum absolute atomic E-state index is 0.0164. The Morgan fingerprint density at radius 2 is 2.04 bits per heavy atom. The Morgan fingerprint density at radius 1 is 1.33 bits per heavy atom. The van der Waals surface area contributed by atoms with Crippen LogP contribution in [0.5, 0.6) is 5.75 Å². The third kappa shape index (κ3) is 3.74. The number of carbonyl (C=O) groups is 4. The Morgan fingerprint density at radius 3 is 2.62 bits per heavy atom. The van der Waals surface area contributed by atoms with Crippen molar-refractivity contribution in [2.75, 3.05) is 13.2 Å². The number of benzene rings is 1. The fourth-order valence-corrected chi connectivity index (χ4v) is 2.74. The number of rotatable bonds is 5. The molecule has 0 bridgehead atoms. The molecular weight excluding hydrogens is 338 g/mol. The third-order valence-corrected chi connectivity index (χ3v) is 3.94. The van der Waals surface area contributed by atoms with E-state index in [1.165, 1.54) is 18.2 Å². The molecular formula is C15H13NO7S. The molecule has 0 atom stereocenters. The SMILES string of the molecule is CCOC(=O)CN1C(=O)S/C(=C\c2ccc(C(=O)O)cc2O)C1=O. The average molecular weight is 351 g/mol. The third-order valence-electron chi connectivity index (χ3n) is 3.03. The molecule has 0 saturated carbocycles. The van der Waals surface area contributed by atoms with Crippen molar-refractivity contribution in [1.29, 1.82) is 0 Å². The van der Waals surface area contributed by atoms with Crippen molar-refractivity contribution in [2.45, 2.75) is 6.92 Å². The number of carboxylic acid groups (broad SMARTS) is 1. The number of nitrogens with zero attached hydrogens (tertiary/aromatic N) is 1. The van der Waals surface area contributed by atoms with Gasteiger partial charge in [-0.05, 0) is 36.9 Å². The molecule has 0 radical (unpaired) electrons. The summed E-state index contributed by atoms with van der Waals surface area (Å²) in [5, 5.41) is 18.1. The lowest BCUT2D eigenvalue weighted by atomic mass is 10.1. The highest BCUT2D eigenvalue weighted by molar-refractivity contribution is 8.18. The number of amides is 2. The Balaban J connectivity index is 2.22. The van der Waals surface area contributed by atoms with E-state index in [1.54, 1.807) is 6.92 Å². The molecule has 1 saturated heterocycles. The number of hydrogen-bond acceptors (Lipinski definition) is 7. The van der Waals surface area contributed by atoms with E-state index in [1.807, 2.05) is 0 Å². The highest BCUT2D eigenvalue weighted by Gasteiger charge is 2.36. The van der Waals surface area contributed by atoms with Crippen LogP contribution in [0.2, 0.25) is 0 Å². The van der Waals surface area contributed by atoms with Gasteiger partial charge in [-0.15, -0.1) is 0 Å². The number of carbonyl (C=O) groups excluding carboxylic acids is 3. The van der Waals surface area contributed by atoms with Crippen LogP contribution in [-0.4, -0.2) is 51.3 Å². The molecule has 1 aromatic rings. The molecule has 24 heavy (non-hydrogen) atoms. The molecule has 0 spiro atoms. The van der Waals surface area contributed by atoms with Gasteiger partial charge in [0.1, 0.15) is 12.3 Å². The molecule has 2 N–H and O–H groups in total. The summed E-state index contributed by atoms with van der Waals surface area (Å²) in [5.41, 5.74) is 0.0710. The molecule has 1 aromatic carbocycles. The first-order chi connectivity index (χ1) is 11.3. The molecule has 2 amide bonds. The van der Waals surface area contributed by atoms with Crippen molar-refractivity contribution in [3.8, 4) is 5.75 Å². The quantitative estimate of drug-likeness (QED) is 0.607. The Hall–Kier alpha value is -2.81. The molecule has 0 aliphatic carbocycles. The molecule has 126 valence electrons.